The number of rotatable bonds is 1. The van der Waals surface area contributed by atoms with Gasteiger partial charge >= 0.3 is 0 Å². The van der Waals surface area contributed by atoms with Gasteiger partial charge in [0.05, 0.1) is 0 Å². The second-order valence-electron chi connectivity index (χ2n) is 1.43. The lowest BCUT2D eigenvalue weighted by Crippen LogP contribution is -1.64. The van der Waals surface area contributed by atoms with Gasteiger partial charge in [-0.1, -0.05) is 5.73 Å². The molecule has 0 aromatic heterocycles. The van der Waals surface area contributed by atoms with Gasteiger partial charge in [-0.25, -0.2) is 0 Å². The summed E-state index contributed by atoms with van der Waals surface area (Å²) in [6, 6.07) is 0. The van der Waals surface area contributed by atoms with Crippen LogP contribution in [0.2, 0.25) is 0 Å². The van der Waals surface area contributed by atoms with Gasteiger partial charge in [-0.2, -0.15) is 0 Å². The summed E-state index contributed by atoms with van der Waals surface area (Å²) in [6.07, 6.45) is 3.54. The van der Waals surface area contributed by atoms with Crippen LogP contribution in [-0.4, -0.2) is 0 Å². The first-order valence-corrected chi connectivity index (χ1v) is 2.21. The minimum absolute atomic E-state index is 0.556. The van der Waals surface area contributed by atoms with Crippen LogP contribution in [0.15, 0.2) is 22.7 Å². The molecule has 0 saturated carbocycles. The van der Waals surface area contributed by atoms with E-state index in [2.05, 4.69) is 10.9 Å². The smallest absolute Gasteiger partial charge is 0.127 e. The molecule has 0 aromatic rings. The van der Waals surface area contributed by atoms with Crippen LogP contribution < -0.4 is 0 Å². The quantitative estimate of drug-likeness (QED) is 0.359. The van der Waals surface area contributed by atoms with Gasteiger partial charge in [0, 0.05) is 6.42 Å². The summed E-state index contributed by atoms with van der Waals surface area (Å²) in [5.74, 6) is 0. The summed E-state index contributed by atoms with van der Waals surface area (Å²) in [5, 5.41) is 2.71. The maximum Gasteiger partial charge on any atom is 0.127 e. The van der Waals surface area contributed by atoms with Crippen LogP contribution in [0.25, 0.3) is 0 Å². The van der Waals surface area contributed by atoms with Gasteiger partial charge in [0.1, 0.15) is 5.70 Å². The third-order valence-corrected chi connectivity index (χ3v) is 0.904. The molecule has 0 atom stereocenters. The molecule has 0 unspecified atom stereocenters. The number of nitrogens with zero attached hydrogens (tertiary/aromatic N) is 1. The summed E-state index contributed by atoms with van der Waals surface area (Å²) in [4.78, 5) is 9.64. The molecule has 0 aliphatic heterocycles. The van der Waals surface area contributed by atoms with Crippen molar-refractivity contribution >= 4 is 0 Å². The zero-order chi connectivity index (χ0) is 5.11. The molecule has 0 bridgehead atoms. The van der Waals surface area contributed by atoms with E-state index in [0.717, 1.165) is 12.8 Å². The normalized spacial score (nSPS) is 16.9. The molecule has 2 nitrogen and oxygen atoms in total. The monoisotopic (exact) mass is 95.0 g/mol. The van der Waals surface area contributed by atoms with Crippen molar-refractivity contribution in [3.05, 3.63) is 22.4 Å². The van der Waals surface area contributed by atoms with Crippen molar-refractivity contribution in [2.24, 2.45) is 5.18 Å². The van der Waals surface area contributed by atoms with E-state index in [0.29, 0.717) is 5.70 Å². The predicted molar refractivity (Wildman–Crippen MR) is 26.6 cm³/mol. The van der Waals surface area contributed by atoms with Gasteiger partial charge in [-0.15, -0.1) is 4.91 Å². The van der Waals surface area contributed by atoms with Crippen LogP contribution in [0.3, 0.4) is 0 Å². The van der Waals surface area contributed by atoms with Crippen molar-refractivity contribution in [2.45, 2.75) is 12.8 Å². The molecule has 0 N–H and O–H groups in total. The molecule has 1 aliphatic carbocycles. The van der Waals surface area contributed by atoms with E-state index in [1.807, 2.05) is 6.08 Å². The van der Waals surface area contributed by atoms with Crippen LogP contribution in [0.5, 0.6) is 0 Å². The topological polar surface area (TPSA) is 29.4 Å². The van der Waals surface area contributed by atoms with E-state index in [9.17, 15) is 4.91 Å². The predicted octanol–water partition coefficient (Wildman–Crippen LogP) is 1.59. The Labute approximate surface area is 41.5 Å². The van der Waals surface area contributed by atoms with E-state index in [-0.39, 0.29) is 0 Å². The molecule has 0 amide bonds. The molecule has 1 aliphatic rings. The van der Waals surface area contributed by atoms with Gasteiger partial charge in [-0.3, -0.25) is 0 Å². The minimum atomic E-state index is 0.556. The molecule has 36 valence electrons. The molecular weight excluding hydrogens is 90.1 g/mol. The van der Waals surface area contributed by atoms with Crippen LogP contribution in [0, 0.1) is 4.91 Å². The fourth-order valence-corrected chi connectivity index (χ4v) is 0.543. The van der Waals surface area contributed by atoms with Crippen LogP contribution in [0.1, 0.15) is 12.8 Å². The highest BCUT2D eigenvalue weighted by Gasteiger charge is 1.96. The fourth-order valence-electron chi connectivity index (χ4n) is 0.543. The maximum atomic E-state index is 9.64. The Morgan fingerprint density at radius 2 is 2.71 bits per heavy atom. The second-order valence-corrected chi connectivity index (χ2v) is 1.43. The molecule has 0 spiro atoms. The average molecular weight is 95.1 g/mol. The first kappa shape index (κ1) is 4.28. The zero-order valence-corrected chi connectivity index (χ0v) is 3.85. The second kappa shape index (κ2) is 1.71. The number of hydrogen-bond donors (Lipinski definition) is 0. The van der Waals surface area contributed by atoms with Gasteiger partial charge < -0.3 is 0 Å². The summed E-state index contributed by atoms with van der Waals surface area (Å²) in [6.45, 7) is 0. The summed E-state index contributed by atoms with van der Waals surface area (Å²) in [5.41, 5.74) is 3.27. The fraction of sp³-hybridized carbons (Fsp3) is 0.400. The largest absolute Gasteiger partial charge is 0.144 e. The third kappa shape index (κ3) is 0.756. The highest BCUT2D eigenvalue weighted by Crippen LogP contribution is 2.10. The van der Waals surface area contributed by atoms with Gasteiger partial charge in [-0.05, 0) is 17.7 Å². The van der Waals surface area contributed by atoms with Crippen molar-refractivity contribution in [3.63, 3.8) is 0 Å². The van der Waals surface area contributed by atoms with E-state index in [1.165, 1.54) is 0 Å². The molecule has 0 fully saturated rings. The van der Waals surface area contributed by atoms with E-state index in [1.54, 1.807) is 0 Å². The molecule has 0 aromatic carbocycles. The molecule has 1 rings (SSSR count). The standard InChI is InChI=1S/C5H5NO/c7-6-5-3-1-2-4-5/h1H,2,4H2. The SMILES string of the molecule is O=NC1=C=CCC1. The molecule has 7 heavy (non-hydrogen) atoms. The highest BCUT2D eigenvalue weighted by molar-refractivity contribution is 5.06. The Hall–Kier alpha value is -0.880. The molecule has 2 heteroatoms. The minimum Gasteiger partial charge on any atom is -0.144 e. The summed E-state index contributed by atoms with van der Waals surface area (Å²) in [7, 11) is 0. The van der Waals surface area contributed by atoms with Crippen molar-refractivity contribution in [1.29, 1.82) is 0 Å². The Bertz CT molecular complexity index is 142. The Kier molecular flexibility index (Phi) is 1.05. The van der Waals surface area contributed by atoms with E-state index in [4.69, 9.17) is 0 Å². The van der Waals surface area contributed by atoms with Crippen LogP contribution >= 0.6 is 0 Å². The average Bonchev–Trinajstić information content (AvgIpc) is 2.14. The zero-order valence-electron chi connectivity index (χ0n) is 3.85. The van der Waals surface area contributed by atoms with Crippen molar-refractivity contribution in [2.75, 3.05) is 0 Å². The van der Waals surface area contributed by atoms with Crippen LogP contribution in [0.4, 0.5) is 0 Å². The molecule has 0 saturated heterocycles. The Morgan fingerprint density at radius 1 is 1.86 bits per heavy atom. The van der Waals surface area contributed by atoms with Gasteiger partial charge in [0.2, 0.25) is 0 Å². The Balaban J connectivity index is 2.72. The molecule has 0 heterocycles. The first-order valence-electron chi connectivity index (χ1n) is 2.21. The summed E-state index contributed by atoms with van der Waals surface area (Å²) >= 11 is 0. The van der Waals surface area contributed by atoms with E-state index >= 15 is 0 Å². The number of allylic oxidation sites excluding steroid dienone is 1. The lowest BCUT2D eigenvalue weighted by atomic mass is 10.3. The first-order chi connectivity index (χ1) is 3.43. The number of nitroso groups, excluding NO2 is 1. The lowest BCUT2D eigenvalue weighted by Gasteiger charge is -1.76. The Morgan fingerprint density at radius 3 is 3.00 bits per heavy atom. The van der Waals surface area contributed by atoms with Crippen LogP contribution in [-0.2, 0) is 0 Å². The van der Waals surface area contributed by atoms with Gasteiger partial charge in [0.15, 0.2) is 0 Å². The van der Waals surface area contributed by atoms with Gasteiger partial charge in [0.25, 0.3) is 0 Å². The maximum absolute atomic E-state index is 9.64. The van der Waals surface area contributed by atoms with Crippen molar-refractivity contribution in [3.8, 4) is 0 Å². The highest BCUT2D eigenvalue weighted by atomic mass is 16.3. The van der Waals surface area contributed by atoms with Crippen molar-refractivity contribution < 1.29 is 0 Å². The molecular formula is C5H5NO. The third-order valence-electron chi connectivity index (χ3n) is 0.904. The number of hydrogen-bond acceptors (Lipinski definition) is 2. The lowest BCUT2D eigenvalue weighted by molar-refractivity contribution is 0.998. The summed E-state index contributed by atoms with van der Waals surface area (Å²) < 4.78 is 0. The van der Waals surface area contributed by atoms with E-state index < -0.39 is 0 Å². The van der Waals surface area contributed by atoms with Crippen molar-refractivity contribution in [1.82, 2.24) is 0 Å². The molecule has 0 radical (unpaired) electrons.